The zero-order valence-electron chi connectivity index (χ0n) is 17.3. The normalized spacial score (nSPS) is 22.6. The summed E-state index contributed by atoms with van der Waals surface area (Å²) in [5.41, 5.74) is 0.973. The van der Waals surface area contributed by atoms with Gasteiger partial charge in [-0.1, -0.05) is 17.7 Å². The fourth-order valence-corrected chi connectivity index (χ4v) is 4.75. The van der Waals surface area contributed by atoms with Crippen molar-refractivity contribution in [2.75, 3.05) is 23.3 Å². The molecule has 1 aliphatic heterocycles. The number of aromatic nitrogens is 5. The van der Waals surface area contributed by atoms with Gasteiger partial charge in [-0.25, -0.2) is 19.0 Å². The Morgan fingerprint density at radius 2 is 1.97 bits per heavy atom. The number of anilines is 2. The van der Waals surface area contributed by atoms with Crippen molar-refractivity contribution in [1.29, 1.82) is 0 Å². The minimum absolute atomic E-state index is 0.0783. The number of aryl methyl sites for hydroxylation is 2. The van der Waals surface area contributed by atoms with E-state index in [0.717, 1.165) is 37.4 Å². The van der Waals surface area contributed by atoms with E-state index >= 15 is 0 Å². The number of nitrogens with one attached hydrogen (secondary N) is 1. The summed E-state index contributed by atoms with van der Waals surface area (Å²) in [4.78, 5) is 15.5. The highest BCUT2D eigenvalue weighted by atomic mass is 35.5. The number of nitrogens with zero attached hydrogens (tertiary/aromatic N) is 6. The zero-order chi connectivity index (χ0) is 21.5. The molecular weight excluding hydrogens is 421 g/mol. The van der Waals surface area contributed by atoms with Crippen molar-refractivity contribution in [2.45, 2.75) is 25.8 Å². The first-order chi connectivity index (χ1) is 15.0. The van der Waals surface area contributed by atoms with Crippen molar-refractivity contribution < 1.29 is 9.13 Å². The van der Waals surface area contributed by atoms with Crippen LogP contribution >= 0.6 is 11.6 Å². The number of fused-ring (bicyclic) bond motifs is 2. The van der Waals surface area contributed by atoms with E-state index in [1.807, 2.05) is 13.0 Å². The first-order valence-corrected chi connectivity index (χ1v) is 10.7. The number of rotatable bonds is 5. The van der Waals surface area contributed by atoms with E-state index in [0.29, 0.717) is 17.8 Å². The van der Waals surface area contributed by atoms with Crippen LogP contribution in [0.5, 0.6) is 11.8 Å². The standard InChI is InChI=1S/C21H23ClFN7O/c1-12-8-17(25-11-24-12)30-9-13-6-7-14(10-30)19(13)26-20-27-21(29(2)28-20)31-16-5-3-4-15(23)18(16)22/h3-5,8,11,13-14,19H,6-7,9-10H2,1-2H3,(H,26,28)/t13-,14+,19+. The Labute approximate surface area is 184 Å². The van der Waals surface area contributed by atoms with Crippen LogP contribution in [-0.2, 0) is 7.05 Å². The summed E-state index contributed by atoms with van der Waals surface area (Å²) in [6.07, 6.45) is 3.93. The van der Waals surface area contributed by atoms with Gasteiger partial charge in [-0.05, 0) is 43.7 Å². The number of ether oxygens (including phenoxy) is 1. The summed E-state index contributed by atoms with van der Waals surface area (Å²) in [6.45, 7) is 3.84. The van der Waals surface area contributed by atoms with Crippen molar-refractivity contribution in [3.05, 3.63) is 47.1 Å². The molecule has 1 aliphatic carbocycles. The van der Waals surface area contributed by atoms with Gasteiger partial charge < -0.3 is 15.0 Å². The van der Waals surface area contributed by atoms with Gasteiger partial charge in [-0.2, -0.15) is 4.98 Å². The van der Waals surface area contributed by atoms with Crippen molar-refractivity contribution in [3.8, 4) is 11.8 Å². The van der Waals surface area contributed by atoms with Crippen LogP contribution in [-0.4, -0.2) is 43.9 Å². The summed E-state index contributed by atoms with van der Waals surface area (Å²) in [7, 11) is 1.73. The summed E-state index contributed by atoms with van der Waals surface area (Å²) < 4.78 is 20.9. The Morgan fingerprint density at radius 1 is 1.19 bits per heavy atom. The van der Waals surface area contributed by atoms with Gasteiger partial charge in [-0.3, -0.25) is 0 Å². The Balaban J connectivity index is 1.29. The maximum Gasteiger partial charge on any atom is 0.321 e. The highest BCUT2D eigenvalue weighted by Gasteiger charge is 2.43. The lowest BCUT2D eigenvalue weighted by Gasteiger charge is -2.38. The van der Waals surface area contributed by atoms with Crippen LogP contribution in [0.2, 0.25) is 5.02 Å². The molecule has 0 unspecified atom stereocenters. The first kappa shape index (κ1) is 20.0. The molecule has 3 atom stereocenters. The van der Waals surface area contributed by atoms with Crippen LogP contribution in [0.25, 0.3) is 0 Å². The van der Waals surface area contributed by atoms with Gasteiger partial charge in [-0.15, -0.1) is 5.10 Å². The number of hydrogen-bond acceptors (Lipinski definition) is 7. The average molecular weight is 444 g/mol. The first-order valence-electron chi connectivity index (χ1n) is 10.3. The number of benzene rings is 1. The fraction of sp³-hybridized carbons (Fsp3) is 0.429. The van der Waals surface area contributed by atoms with Crippen LogP contribution in [0, 0.1) is 24.6 Å². The maximum atomic E-state index is 13.7. The predicted octanol–water partition coefficient (Wildman–Crippen LogP) is 3.83. The highest BCUT2D eigenvalue weighted by Crippen LogP contribution is 2.40. The SMILES string of the molecule is Cc1cc(N2C[C@H]3CC[C@@H](C2)[C@H]3Nc2nc(Oc3cccc(F)c3Cl)n(C)n2)ncn1. The lowest BCUT2D eigenvalue weighted by molar-refractivity contribution is 0.374. The van der Waals surface area contributed by atoms with Gasteiger partial charge >= 0.3 is 6.01 Å². The third kappa shape index (κ3) is 3.89. The monoisotopic (exact) mass is 443 g/mol. The molecule has 1 saturated carbocycles. The van der Waals surface area contributed by atoms with Crippen LogP contribution < -0.4 is 15.0 Å². The largest absolute Gasteiger partial charge is 0.423 e. The topological polar surface area (TPSA) is 81.0 Å². The number of piperidine rings is 1. The van der Waals surface area contributed by atoms with Gasteiger partial charge in [0.1, 0.15) is 23.0 Å². The van der Waals surface area contributed by atoms with Crippen molar-refractivity contribution in [1.82, 2.24) is 24.7 Å². The second-order valence-electron chi connectivity index (χ2n) is 8.19. The minimum Gasteiger partial charge on any atom is -0.423 e. The minimum atomic E-state index is -0.540. The molecule has 1 aromatic carbocycles. The van der Waals surface area contributed by atoms with E-state index in [2.05, 4.69) is 30.3 Å². The molecule has 2 aliphatic rings. The molecule has 1 N–H and O–H groups in total. The van der Waals surface area contributed by atoms with Gasteiger partial charge in [0.05, 0.1) is 0 Å². The quantitative estimate of drug-likeness (QED) is 0.641. The molecule has 2 bridgehead atoms. The molecular formula is C21H23ClFN7O. The van der Waals surface area contributed by atoms with Crippen LogP contribution in [0.1, 0.15) is 18.5 Å². The van der Waals surface area contributed by atoms with Gasteiger partial charge in [0, 0.05) is 37.9 Å². The van der Waals surface area contributed by atoms with Crippen LogP contribution in [0.4, 0.5) is 16.2 Å². The third-order valence-electron chi connectivity index (χ3n) is 6.08. The Kier molecular flexibility index (Phi) is 5.13. The summed E-state index contributed by atoms with van der Waals surface area (Å²) in [6, 6.07) is 6.98. The van der Waals surface area contributed by atoms with E-state index in [4.69, 9.17) is 16.3 Å². The molecule has 10 heteroatoms. The van der Waals surface area contributed by atoms with Crippen LogP contribution in [0.15, 0.2) is 30.6 Å². The van der Waals surface area contributed by atoms with Gasteiger partial charge in [0.15, 0.2) is 5.75 Å². The molecule has 0 spiro atoms. The highest BCUT2D eigenvalue weighted by molar-refractivity contribution is 6.32. The Bertz CT molecular complexity index is 1090. The molecule has 31 heavy (non-hydrogen) atoms. The maximum absolute atomic E-state index is 13.7. The number of halogens is 2. The predicted molar refractivity (Wildman–Crippen MR) is 115 cm³/mol. The van der Waals surface area contributed by atoms with Gasteiger partial charge in [0.25, 0.3) is 0 Å². The molecule has 1 saturated heterocycles. The second kappa shape index (κ2) is 7.96. The molecule has 3 heterocycles. The third-order valence-corrected chi connectivity index (χ3v) is 6.45. The van der Waals surface area contributed by atoms with Crippen molar-refractivity contribution in [2.24, 2.45) is 18.9 Å². The molecule has 2 aromatic heterocycles. The Morgan fingerprint density at radius 3 is 2.71 bits per heavy atom. The van der Waals surface area contributed by atoms with Crippen molar-refractivity contribution >= 4 is 23.4 Å². The molecule has 8 nitrogen and oxygen atoms in total. The summed E-state index contributed by atoms with van der Waals surface area (Å²) in [5.74, 6) is 2.10. The summed E-state index contributed by atoms with van der Waals surface area (Å²) in [5, 5.41) is 7.87. The van der Waals surface area contributed by atoms with E-state index in [-0.39, 0.29) is 22.8 Å². The van der Waals surface area contributed by atoms with Crippen molar-refractivity contribution in [3.63, 3.8) is 0 Å². The molecule has 0 radical (unpaired) electrons. The Hall–Kier alpha value is -2.94. The summed E-state index contributed by atoms with van der Waals surface area (Å²) >= 11 is 5.99. The molecule has 162 valence electrons. The smallest absolute Gasteiger partial charge is 0.321 e. The van der Waals surface area contributed by atoms with E-state index in [1.165, 1.54) is 16.8 Å². The molecule has 5 rings (SSSR count). The fourth-order valence-electron chi connectivity index (χ4n) is 4.59. The molecule has 3 aromatic rings. The molecule has 0 amide bonds. The molecule has 2 fully saturated rings. The number of hydrogen-bond donors (Lipinski definition) is 1. The second-order valence-corrected chi connectivity index (χ2v) is 8.56. The van der Waals surface area contributed by atoms with E-state index in [1.54, 1.807) is 19.4 Å². The zero-order valence-corrected chi connectivity index (χ0v) is 18.1. The average Bonchev–Trinajstić information content (AvgIpc) is 3.19. The van der Waals surface area contributed by atoms with Crippen LogP contribution in [0.3, 0.4) is 0 Å². The lowest BCUT2D eigenvalue weighted by atomic mass is 9.92. The van der Waals surface area contributed by atoms with Gasteiger partial charge in [0.2, 0.25) is 5.95 Å². The van der Waals surface area contributed by atoms with E-state index < -0.39 is 5.82 Å². The lowest BCUT2D eigenvalue weighted by Crippen LogP contribution is -2.48. The van der Waals surface area contributed by atoms with E-state index in [9.17, 15) is 4.39 Å².